The quantitative estimate of drug-likeness (QED) is 0.832. The van der Waals surface area contributed by atoms with Crippen LogP contribution in [0.4, 0.5) is 5.69 Å². The second-order valence-corrected chi connectivity index (χ2v) is 6.45. The van der Waals surface area contributed by atoms with Gasteiger partial charge in [0.15, 0.2) is 0 Å². The molecule has 0 heterocycles. The third-order valence-corrected chi connectivity index (χ3v) is 3.87. The SMILES string of the molecule is Cc1cccc(C(C)(C)CNC(=O)Cc2ccc(N)cc2)c1. The summed E-state index contributed by atoms with van der Waals surface area (Å²) in [5.74, 6) is 0.0329. The topological polar surface area (TPSA) is 55.1 Å². The van der Waals surface area contributed by atoms with Crippen LogP contribution in [0.25, 0.3) is 0 Å². The van der Waals surface area contributed by atoms with E-state index in [1.54, 1.807) is 0 Å². The van der Waals surface area contributed by atoms with Crippen LogP contribution in [0.3, 0.4) is 0 Å². The minimum Gasteiger partial charge on any atom is -0.399 e. The number of nitrogens with one attached hydrogen (secondary N) is 1. The third-order valence-electron chi connectivity index (χ3n) is 3.87. The van der Waals surface area contributed by atoms with Crippen LogP contribution in [0, 0.1) is 6.92 Å². The predicted molar refractivity (Wildman–Crippen MR) is 91.8 cm³/mol. The van der Waals surface area contributed by atoms with Gasteiger partial charge in [-0.3, -0.25) is 4.79 Å². The lowest BCUT2D eigenvalue weighted by Crippen LogP contribution is -2.37. The van der Waals surface area contributed by atoms with E-state index in [4.69, 9.17) is 5.73 Å². The first-order valence-corrected chi connectivity index (χ1v) is 7.55. The van der Waals surface area contributed by atoms with Gasteiger partial charge in [-0.1, -0.05) is 55.8 Å². The van der Waals surface area contributed by atoms with E-state index in [-0.39, 0.29) is 11.3 Å². The summed E-state index contributed by atoms with van der Waals surface area (Å²) in [7, 11) is 0. The molecule has 1 amide bonds. The lowest BCUT2D eigenvalue weighted by Gasteiger charge is -2.26. The number of aryl methyl sites for hydroxylation is 1. The van der Waals surface area contributed by atoms with Crippen molar-refractivity contribution in [2.45, 2.75) is 32.6 Å². The van der Waals surface area contributed by atoms with Gasteiger partial charge in [-0.15, -0.1) is 0 Å². The molecule has 2 rings (SSSR count). The summed E-state index contributed by atoms with van der Waals surface area (Å²) in [4.78, 5) is 12.1. The standard InChI is InChI=1S/C19H24N2O/c1-14-5-4-6-16(11-14)19(2,3)13-21-18(22)12-15-7-9-17(20)10-8-15/h4-11H,12-13,20H2,1-3H3,(H,21,22). The van der Waals surface area contributed by atoms with E-state index in [9.17, 15) is 4.79 Å². The zero-order valence-electron chi connectivity index (χ0n) is 13.5. The van der Waals surface area contributed by atoms with Crippen LogP contribution >= 0.6 is 0 Å². The zero-order valence-corrected chi connectivity index (χ0v) is 13.5. The molecule has 0 radical (unpaired) electrons. The fourth-order valence-electron chi connectivity index (χ4n) is 2.37. The fraction of sp³-hybridized carbons (Fsp3) is 0.316. The van der Waals surface area contributed by atoms with Gasteiger partial charge in [-0.05, 0) is 30.2 Å². The van der Waals surface area contributed by atoms with E-state index < -0.39 is 0 Å². The molecule has 2 aromatic rings. The molecule has 0 aliphatic rings. The van der Waals surface area contributed by atoms with E-state index in [0.717, 1.165) is 5.56 Å². The zero-order chi connectivity index (χ0) is 16.2. The molecular formula is C19H24N2O. The maximum Gasteiger partial charge on any atom is 0.224 e. The minimum absolute atomic E-state index is 0.0329. The number of carbonyl (C=O) groups is 1. The smallest absolute Gasteiger partial charge is 0.224 e. The molecule has 0 bridgehead atoms. The van der Waals surface area contributed by atoms with E-state index in [1.165, 1.54) is 11.1 Å². The van der Waals surface area contributed by atoms with Crippen molar-refractivity contribution in [2.24, 2.45) is 0 Å². The van der Waals surface area contributed by atoms with Crippen molar-refractivity contribution in [3.8, 4) is 0 Å². The Morgan fingerprint density at radius 1 is 1.14 bits per heavy atom. The van der Waals surface area contributed by atoms with Crippen LogP contribution in [-0.4, -0.2) is 12.5 Å². The molecule has 0 spiro atoms. The minimum atomic E-state index is -0.0944. The number of anilines is 1. The molecule has 0 saturated carbocycles. The normalized spacial score (nSPS) is 11.2. The van der Waals surface area contributed by atoms with Crippen molar-refractivity contribution in [2.75, 3.05) is 12.3 Å². The second kappa shape index (κ2) is 6.65. The highest BCUT2D eigenvalue weighted by Crippen LogP contribution is 2.23. The third kappa shape index (κ3) is 4.35. The molecule has 116 valence electrons. The fourth-order valence-corrected chi connectivity index (χ4v) is 2.37. The summed E-state index contributed by atoms with van der Waals surface area (Å²) in [6.07, 6.45) is 0.379. The average molecular weight is 296 g/mol. The molecule has 2 aromatic carbocycles. The van der Waals surface area contributed by atoms with Crippen LogP contribution < -0.4 is 11.1 Å². The van der Waals surface area contributed by atoms with Gasteiger partial charge in [0.25, 0.3) is 0 Å². The molecule has 0 fully saturated rings. The largest absolute Gasteiger partial charge is 0.399 e. The van der Waals surface area contributed by atoms with Crippen molar-refractivity contribution in [3.63, 3.8) is 0 Å². The maximum atomic E-state index is 12.1. The predicted octanol–water partition coefficient (Wildman–Crippen LogP) is 3.21. The Balaban J connectivity index is 1.93. The molecular weight excluding hydrogens is 272 g/mol. The van der Waals surface area contributed by atoms with Crippen molar-refractivity contribution in [1.82, 2.24) is 5.32 Å². The van der Waals surface area contributed by atoms with Crippen LogP contribution in [0.1, 0.15) is 30.5 Å². The van der Waals surface area contributed by atoms with Crippen molar-refractivity contribution in [1.29, 1.82) is 0 Å². The van der Waals surface area contributed by atoms with Gasteiger partial charge in [-0.2, -0.15) is 0 Å². The number of rotatable bonds is 5. The molecule has 3 nitrogen and oxygen atoms in total. The first-order valence-electron chi connectivity index (χ1n) is 7.55. The molecule has 0 aliphatic carbocycles. The van der Waals surface area contributed by atoms with Crippen LogP contribution in [0.5, 0.6) is 0 Å². The number of hydrogen-bond donors (Lipinski definition) is 2. The van der Waals surface area contributed by atoms with Gasteiger partial charge in [0, 0.05) is 17.6 Å². The van der Waals surface area contributed by atoms with Crippen molar-refractivity contribution >= 4 is 11.6 Å². The molecule has 3 heteroatoms. The maximum absolute atomic E-state index is 12.1. The second-order valence-electron chi connectivity index (χ2n) is 6.45. The van der Waals surface area contributed by atoms with E-state index in [2.05, 4.69) is 50.4 Å². The summed E-state index contributed by atoms with van der Waals surface area (Å²) >= 11 is 0. The van der Waals surface area contributed by atoms with Gasteiger partial charge in [-0.25, -0.2) is 0 Å². The lowest BCUT2D eigenvalue weighted by atomic mass is 9.84. The summed E-state index contributed by atoms with van der Waals surface area (Å²) in [6, 6.07) is 15.8. The Bertz CT molecular complexity index is 645. The number of nitrogen functional groups attached to an aromatic ring is 1. The molecule has 0 aromatic heterocycles. The number of benzene rings is 2. The Morgan fingerprint density at radius 2 is 1.82 bits per heavy atom. The summed E-state index contributed by atoms with van der Waals surface area (Å²) in [6.45, 7) is 6.99. The van der Waals surface area contributed by atoms with Gasteiger partial charge in [0.1, 0.15) is 0 Å². The number of amides is 1. The van der Waals surface area contributed by atoms with Crippen LogP contribution in [-0.2, 0) is 16.6 Å². The van der Waals surface area contributed by atoms with Gasteiger partial charge >= 0.3 is 0 Å². The first-order chi connectivity index (χ1) is 10.4. The van der Waals surface area contributed by atoms with Crippen molar-refractivity contribution in [3.05, 3.63) is 65.2 Å². The Labute approximate surface area is 132 Å². The van der Waals surface area contributed by atoms with Gasteiger partial charge in [0.05, 0.1) is 6.42 Å². The molecule has 0 aliphatic heterocycles. The van der Waals surface area contributed by atoms with E-state index in [1.807, 2.05) is 24.3 Å². The van der Waals surface area contributed by atoms with Gasteiger partial charge in [0.2, 0.25) is 5.91 Å². The molecule has 0 atom stereocenters. The first kappa shape index (κ1) is 16.1. The summed E-state index contributed by atoms with van der Waals surface area (Å²) in [5.41, 5.74) is 9.71. The summed E-state index contributed by atoms with van der Waals surface area (Å²) in [5, 5.41) is 3.03. The average Bonchev–Trinajstić information content (AvgIpc) is 2.48. The highest BCUT2D eigenvalue weighted by atomic mass is 16.1. The van der Waals surface area contributed by atoms with Gasteiger partial charge < -0.3 is 11.1 Å². The van der Waals surface area contributed by atoms with E-state index >= 15 is 0 Å². The monoisotopic (exact) mass is 296 g/mol. The number of nitrogens with two attached hydrogens (primary N) is 1. The van der Waals surface area contributed by atoms with Crippen molar-refractivity contribution < 1.29 is 4.79 Å². The molecule has 3 N–H and O–H groups in total. The lowest BCUT2D eigenvalue weighted by molar-refractivity contribution is -0.120. The number of carbonyl (C=O) groups excluding carboxylic acids is 1. The Hall–Kier alpha value is -2.29. The molecule has 0 unspecified atom stereocenters. The Morgan fingerprint density at radius 3 is 2.45 bits per heavy atom. The summed E-state index contributed by atoms with van der Waals surface area (Å²) < 4.78 is 0. The number of hydrogen-bond acceptors (Lipinski definition) is 2. The highest BCUT2D eigenvalue weighted by Gasteiger charge is 2.21. The van der Waals surface area contributed by atoms with Crippen LogP contribution in [0.15, 0.2) is 48.5 Å². The van der Waals surface area contributed by atoms with Crippen LogP contribution in [0.2, 0.25) is 0 Å². The molecule has 22 heavy (non-hydrogen) atoms. The Kier molecular flexibility index (Phi) is 4.86. The van der Waals surface area contributed by atoms with E-state index in [0.29, 0.717) is 18.7 Å². The highest BCUT2D eigenvalue weighted by molar-refractivity contribution is 5.78. The molecule has 0 saturated heterocycles.